The summed E-state index contributed by atoms with van der Waals surface area (Å²) < 4.78 is 18.9. The minimum absolute atomic E-state index is 0.203. The van der Waals surface area contributed by atoms with Gasteiger partial charge in [-0.1, -0.05) is 47.1 Å². The van der Waals surface area contributed by atoms with E-state index in [0.29, 0.717) is 47.8 Å². The third-order valence-corrected chi connectivity index (χ3v) is 4.15. The molecule has 0 bridgehead atoms. The number of aliphatic imine (C=N–C) groups is 1. The number of nitrogens with zero attached hydrogens (tertiary/aromatic N) is 3. The Morgan fingerprint density at radius 2 is 2.04 bits per heavy atom. The second-order valence-corrected chi connectivity index (χ2v) is 6.42. The summed E-state index contributed by atoms with van der Waals surface area (Å²) in [6.45, 7) is 3.44. The van der Waals surface area contributed by atoms with Crippen LogP contribution in [-0.4, -0.2) is 29.2 Å². The predicted molar refractivity (Wildman–Crippen MR) is 108 cm³/mol. The Balaban J connectivity index is 1.59. The summed E-state index contributed by atoms with van der Waals surface area (Å²) in [5, 5.41) is 10.9. The molecule has 1 aromatic heterocycles. The van der Waals surface area contributed by atoms with Gasteiger partial charge in [-0.3, -0.25) is 0 Å². The fourth-order valence-corrected chi connectivity index (χ4v) is 2.76. The number of hydrogen-bond acceptors (Lipinski definition) is 4. The minimum Gasteiger partial charge on any atom is -0.357 e. The molecule has 0 aliphatic rings. The zero-order valence-corrected chi connectivity index (χ0v) is 16.2. The van der Waals surface area contributed by atoms with Crippen molar-refractivity contribution in [2.45, 2.75) is 19.9 Å². The predicted octanol–water partition coefficient (Wildman–Crippen LogP) is 3.83. The Bertz CT molecular complexity index is 944. The highest BCUT2D eigenvalue weighted by atomic mass is 35.5. The van der Waals surface area contributed by atoms with Crippen molar-refractivity contribution in [1.82, 2.24) is 20.8 Å². The second kappa shape index (κ2) is 9.85. The molecule has 0 unspecified atom stereocenters. The van der Waals surface area contributed by atoms with Crippen molar-refractivity contribution in [3.05, 3.63) is 70.8 Å². The van der Waals surface area contributed by atoms with Gasteiger partial charge >= 0.3 is 0 Å². The van der Waals surface area contributed by atoms with E-state index in [1.54, 1.807) is 24.3 Å². The van der Waals surface area contributed by atoms with Crippen molar-refractivity contribution in [1.29, 1.82) is 0 Å². The fraction of sp³-hybridized carbons (Fsp3) is 0.250. The van der Waals surface area contributed by atoms with Crippen LogP contribution in [0.15, 0.2) is 58.0 Å². The summed E-state index contributed by atoms with van der Waals surface area (Å²) >= 11 is 5.99. The van der Waals surface area contributed by atoms with Crippen molar-refractivity contribution < 1.29 is 8.91 Å². The fourth-order valence-electron chi connectivity index (χ4n) is 2.57. The van der Waals surface area contributed by atoms with Crippen LogP contribution in [0.1, 0.15) is 18.4 Å². The summed E-state index contributed by atoms with van der Waals surface area (Å²) in [4.78, 5) is 8.78. The van der Waals surface area contributed by atoms with E-state index in [4.69, 9.17) is 16.1 Å². The maximum atomic E-state index is 13.7. The molecule has 28 heavy (non-hydrogen) atoms. The molecule has 0 fully saturated rings. The van der Waals surface area contributed by atoms with Gasteiger partial charge in [0, 0.05) is 23.7 Å². The number of nitrogens with one attached hydrogen (secondary N) is 2. The molecule has 1 heterocycles. The molecule has 0 aliphatic carbocycles. The Morgan fingerprint density at radius 1 is 1.18 bits per heavy atom. The Labute approximate surface area is 167 Å². The van der Waals surface area contributed by atoms with Gasteiger partial charge in [0.05, 0.1) is 0 Å². The van der Waals surface area contributed by atoms with Gasteiger partial charge < -0.3 is 15.2 Å². The van der Waals surface area contributed by atoms with E-state index in [-0.39, 0.29) is 12.4 Å². The Kier molecular flexibility index (Phi) is 6.97. The Morgan fingerprint density at radius 3 is 2.82 bits per heavy atom. The first-order valence-electron chi connectivity index (χ1n) is 9.00. The average molecular weight is 402 g/mol. The maximum absolute atomic E-state index is 13.7. The van der Waals surface area contributed by atoms with E-state index in [0.717, 1.165) is 5.56 Å². The van der Waals surface area contributed by atoms with Crippen LogP contribution in [0.4, 0.5) is 4.39 Å². The standard InChI is InChI=1S/C20H21ClFN5O/c1-2-23-20(24-11-10-14-6-3-4-9-17(14)22)25-13-18-26-19(27-28-18)15-7-5-8-16(21)12-15/h3-9,12H,2,10-11,13H2,1H3,(H2,23,24,25). The molecule has 3 aromatic rings. The molecule has 0 amide bonds. The lowest BCUT2D eigenvalue weighted by molar-refractivity contribution is 0.380. The SMILES string of the molecule is CCNC(=NCc1nc(-c2cccc(Cl)c2)no1)NCCc1ccccc1F. The van der Waals surface area contributed by atoms with E-state index in [1.165, 1.54) is 6.07 Å². The normalized spacial score (nSPS) is 11.5. The van der Waals surface area contributed by atoms with Crippen LogP contribution < -0.4 is 10.6 Å². The number of rotatable bonds is 7. The lowest BCUT2D eigenvalue weighted by atomic mass is 10.1. The molecule has 0 aliphatic heterocycles. The molecule has 2 N–H and O–H groups in total. The largest absolute Gasteiger partial charge is 0.357 e. The first kappa shape index (κ1) is 19.8. The summed E-state index contributed by atoms with van der Waals surface area (Å²) in [5.41, 5.74) is 1.44. The highest BCUT2D eigenvalue weighted by Gasteiger charge is 2.09. The maximum Gasteiger partial charge on any atom is 0.248 e. The third-order valence-electron chi connectivity index (χ3n) is 3.91. The number of benzene rings is 2. The van der Waals surface area contributed by atoms with Crippen LogP contribution in [0.25, 0.3) is 11.4 Å². The molecule has 0 atom stereocenters. The average Bonchev–Trinajstić information content (AvgIpc) is 3.17. The monoisotopic (exact) mass is 401 g/mol. The van der Waals surface area contributed by atoms with Gasteiger partial charge in [0.15, 0.2) is 5.96 Å². The summed E-state index contributed by atoms with van der Waals surface area (Å²) in [7, 11) is 0. The van der Waals surface area contributed by atoms with E-state index in [1.807, 2.05) is 25.1 Å². The number of guanidine groups is 1. The molecular weight excluding hydrogens is 381 g/mol. The zero-order chi connectivity index (χ0) is 19.8. The van der Waals surface area contributed by atoms with E-state index in [9.17, 15) is 4.39 Å². The van der Waals surface area contributed by atoms with Crippen molar-refractivity contribution in [2.24, 2.45) is 4.99 Å². The van der Waals surface area contributed by atoms with Crippen molar-refractivity contribution >= 4 is 17.6 Å². The van der Waals surface area contributed by atoms with Crippen LogP contribution in [0.5, 0.6) is 0 Å². The number of hydrogen-bond donors (Lipinski definition) is 2. The first-order chi connectivity index (χ1) is 13.7. The van der Waals surface area contributed by atoms with Crippen LogP contribution in [0.3, 0.4) is 0 Å². The van der Waals surface area contributed by atoms with E-state index >= 15 is 0 Å². The second-order valence-electron chi connectivity index (χ2n) is 5.99. The molecule has 0 spiro atoms. The molecule has 2 aromatic carbocycles. The smallest absolute Gasteiger partial charge is 0.248 e. The highest BCUT2D eigenvalue weighted by Crippen LogP contribution is 2.20. The molecule has 3 rings (SSSR count). The molecular formula is C20H21ClFN5O. The highest BCUT2D eigenvalue weighted by molar-refractivity contribution is 6.30. The van der Waals surface area contributed by atoms with E-state index < -0.39 is 0 Å². The van der Waals surface area contributed by atoms with Gasteiger partial charge in [-0.25, -0.2) is 9.38 Å². The van der Waals surface area contributed by atoms with Gasteiger partial charge in [0.25, 0.3) is 0 Å². The van der Waals surface area contributed by atoms with Gasteiger partial charge in [-0.15, -0.1) is 0 Å². The van der Waals surface area contributed by atoms with Crippen LogP contribution in [0, 0.1) is 5.82 Å². The number of aromatic nitrogens is 2. The van der Waals surface area contributed by atoms with Crippen LogP contribution in [0.2, 0.25) is 5.02 Å². The molecule has 0 radical (unpaired) electrons. The third kappa shape index (κ3) is 5.53. The summed E-state index contributed by atoms with van der Waals surface area (Å²) in [5.74, 6) is 1.25. The van der Waals surface area contributed by atoms with Crippen molar-refractivity contribution in [3.63, 3.8) is 0 Å². The quantitative estimate of drug-likeness (QED) is 0.465. The molecule has 6 nitrogen and oxygen atoms in total. The van der Waals surface area contributed by atoms with Crippen LogP contribution >= 0.6 is 11.6 Å². The first-order valence-corrected chi connectivity index (χ1v) is 9.37. The van der Waals surface area contributed by atoms with Crippen molar-refractivity contribution in [2.75, 3.05) is 13.1 Å². The summed E-state index contributed by atoms with van der Waals surface area (Å²) in [6, 6.07) is 14.0. The molecule has 146 valence electrons. The number of halogens is 2. The van der Waals surface area contributed by atoms with E-state index in [2.05, 4.69) is 25.8 Å². The Hall–Kier alpha value is -2.93. The van der Waals surface area contributed by atoms with Gasteiger partial charge in [0.1, 0.15) is 12.4 Å². The van der Waals surface area contributed by atoms with Gasteiger partial charge in [-0.2, -0.15) is 4.98 Å². The van der Waals surface area contributed by atoms with Crippen LogP contribution in [-0.2, 0) is 13.0 Å². The molecule has 8 heteroatoms. The minimum atomic E-state index is -0.203. The zero-order valence-electron chi connectivity index (χ0n) is 15.5. The van der Waals surface area contributed by atoms with Crippen molar-refractivity contribution in [3.8, 4) is 11.4 Å². The topological polar surface area (TPSA) is 75.3 Å². The van der Waals surface area contributed by atoms with Gasteiger partial charge in [-0.05, 0) is 37.1 Å². The van der Waals surface area contributed by atoms with Gasteiger partial charge in [0.2, 0.25) is 11.7 Å². The molecule has 0 saturated carbocycles. The molecule has 0 saturated heterocycles. The lowest BCUT2D eigenvalue weighted by Crippen LogP contribution is -2.38. The summed E-state index contributed by atoms with van der Waals surface area (Å²) in [6.07, 6.45) is 0.552. The lowest BCUT2D eigenvalue weighted by Gasteiger charge is -2.11.